The van der Waals surface area contributed by atoms with E-state index < -0.39 is 0 Å². The molecular formula is C20H29ClN6. The minimum absolute atomic E-state index is 0.0426. The quantitative estimate of drug-likeness (QED) is 0.617. The van der Waals surface area contributed by atoms with E-state index in [4.69, 9.17) is 17.3 Å². The zero-order chi connectivity index (χ0) is 19.8. The second kappa shape index (κ2) is 7.17. The first-order valence-electron chi connectivity index (χ1n) is 9.24. The largest absolute Gasteiger partial charge is 0.393 e. The first kappa shape index (κ1) is 19.7. The van der Waals surface area contributed by atoms with Crippen LogP contribution in [0.5, 0.6) is 0 Å². The van der Waals surface area contributed by atoms with Crippen molar-refractivity contribution in [2.24, 2.45) is 0 Å². The van der Waals surface area contributed by atoms with Gasteiger partial charge in [0.05, 0.1) is 0 Å². The number of piperidine rings is 1. The Balaban J connectivity index is 1.79. The number of nitrogens with two attached hydrogens (primary N) is 1. The molecule has 1 fully saturated rings. The Morgan fingerprint density at radius 2 is 1.74 bits per heavy atom. The van der Waals surface area contributed by atoms with Gasteiger partial charge in [-0.25, -0.2) is 9.97 Å². The van der Waals surface area contributed by atoms with E-state index >= 15 is 0 Å². The van der Waals surface area contributed by atoms with Crippen LogP contribution in [-0.4, -0.2) is 27.1 Å². The minimum Gasteiger partial charge on any atom is -0.393 e. The normalized spacial score (nSPS) is 18.9. The molecule has 1 saturated heterocycles. The topological polar surface area (TPSA) is 87.9 Å². The van der Waals surface area contributed by atoms with Crippen LogP contribution < -0.4 is 21.7 Å². The lowest BCUT2D eigenvalue weighted by molar-refractivity contribution is 0.170. The number of anilines is 4. The van der Waals surface area contributed by atoms with Crippen molar-refractivity contribution in [3.05, 3.63) is 35.1 Å². The molecule has 0 spiro atoms. The predicted octanol–water partition coefficient (Wildman–Crippen LogP) is 4.49. The van der Waals surface area contributed by atoms with Gasteiger partial charge in [0.25, 0.3) is 0 Å². The minimum atomic E-state index is 0.0426. The number of halogens is 1. The fraction of sp³-hybridized carbons (Fsp3) is 0.500. The SMILES string of the molecule is Cc1ccc(Nc2ncnc(NC3CC(C)(C)NC(C)(C)C3)c2N)cc1Cl. The lowest BCUT2D eigenvalue weighted by Crippen LogP contribution is -2.60. The number of nitrogens with zero attached hydrogens (tertiary/aromatic N) is 2. The van der Waals surface area contributed by atoms with E-state index in [1.54, 1.807) is 0 Å². The van der Waals surface area contributed by atoms with Crippen LogP contribution in [0.15, 0.2) is 24.5 Å². The molecule has 2 aromatic rings. The van der Waals surface area contributed by atoms with Crippen LogP contribution in [0.2, 0.25) is 5.02 Å². The Bertz CT molecular complexity index is 817. The average Bonchev–Trinajstić information content (AvgIpc) is 2.52. The van der Waals surface area contributed by atoms with Crippen LogP contribution in [0.3, 0.4) is 0 Å². The van der Waals surface area contributed by atoms with Crippen molar-refractivity contribution in [1.82, 2.24) is 15.3 Å². The Morgan fingerprint density at radius 1 is 1.11 bits per heavy atom. The number of aryl methyl sites for hydroxylation is 1. The Morgan fingerprint density at radius 3 is 2.37 bits per heavy atom. The van der Waals surface area contributed by atoms with Crippen LogP contribution in [0.25, 0.3) is 0 Å². The molecule has 1 aliphatic heterocycles. The van der Waals surface area contributed by atoms with Gasteiger partial charge in [-0.2, -0.15) is 0 Å². The van der Waals surface area contributed by atoms with Gasteiger partial charge < -0.3 is 21.7 Å². The number of hydrogen-bond donors (Lipinski definition) is 4. The summed E-state index contributed by atoms with van der Waals surface area (Å²) in [7, 11) is 0. The van der Waals surface area contributed by atoms with E-state index in [9.17, 15) is 0 Å². The van der Waals surface area contributed by atoms with Gasteiger partial charge in [-0.15, -0.1) is 0 Å². The van der Waals surface area contributed by atoms with E-state index in [-0.39, 0.29) is 17.1 Å². The van der Waals surface area contributed by atoms with Gasteiger partial charge in [-0.05, 0) is 65.2 Å². The molecular weight excluding hydrogens is 360 g/mol. The fourth-order valence-corrected chi connectivity index (χ4v) is 4.22. The van der Waals surface area contributed by atoms with Crippen molar-refractivity contribution in [2.75, 3.05) is 16.4 Å². The lowest BCUT2D eigenvalue weighted by atomic mass is 9.79. The molecule has 5 N–H and O–H groups in total. The van der Waals surface area contributed by atoms with Gasteiger partial charge in [0.1, 0.15) is 12.0 Å². The van der Waals surface area contributed by atoms with E-state index in [1.165, 1.54) is 6.33 Å². The highest BCUT2D eigenvalue weighted by atomic mass is 35.5. The molecule has 27 heavy (non-hydrogen) atoms. The number of nitrogen functional groups attached to an aromatic ring is 1. The Labute approximate surface area is 166 Å². The second-order valence-electron chi connectivity index (χ2n) is 8.72. The lowest BCUT2D eigenvalue weighted by Gasteiger charge is -2.46. The van der Waals surface area contributed by atoms with Crippen LogP contribution in [0, 0.1) is 6.92 Å². The molecule has 0 unspecified atom stereocenters. The van der Waals surface area contributed by atoms with Gasteiger partial charge >= 0.3 is 0 Å². The molecule has 0 saturated carbocycles. The van der Waals surface area contributed by atoms with Crippen molar-refractivity contribution < 1.29 is 0 Å². The summed E-state index contributed by atoms with van der Waals surface area (Å²) in [5, 5.41) is 11.1. The maximum absolute atomic E-state index is 6.35. The summed E-state index contributed by atoms with van der Waals surface area (Å²) < 4.78 is 0. The first-order chi connectivity index (χ1) is 12.5. The summed E-state index contributed by atoms with van der Waals surface area (Å²) in [5.74, 6) is 1.23. The summed E-state index contributed by atoms with van der Waals surface area (Å²) in [6.45, 7) is 10.9. The number of benzene rings is 1. The van der Waals surface area contributed by atoms with Gasteiger partial charge in [0, 0.05) is 27.8 Å². The third-order valence-corrected chi connectivity index (χ3v) is 5.26. The molecule has 0 amide bonds. The maximum atomic E-state index is 6.35. The third-order valence-electron chi connectivity index (χ3n) is 4.85. The standard InChI is InChI=1S/C20H29ClN6/c1-12-6-7-13(8-15(12)21)25-17-16(22)18(24-11-23-17)26-14-9-19(2,3)27-20(4,5)10-14/h6-8,11,14,27H,9-10,22H2,1-5H3,(H2,23,24,25,26). The van der Waals surface area contributed by atoms with Crippen LogP contribution in [-0.2, 0) is 0 Å². The zero-order valence-electron chi connectivity index (χ0n) is 16.7. The number of rotatable bonds is 4. The molecule has 2 heterocycles. The van der Waals surface area contributed by atoms with Gasteiger partial charge in [-0.1, -0.05) is 17.7 Å². The van der Waals surface area contributed by atoms with Crippen molar-refractivity contribution >= 4 is 34.6 Å². The zero-order valence-corrected chi connectivity index (χ0v) is 17.4. The van der Waals surface area contributed by atoms with Crippen molar-refractivity contribution in [3.63, 3.8) is 0 Å². The van der Waals surface area contributed by atoms with E-state index in [0.29, 0.717) is 22.3 Å². The average molecular weight is 389 g/mol. The summed E-state index contributed by atoms with van der Waals surface area (Å²) in [6, 6.07) is 6.05. The number of aromatic nitrogens is 2. The summed E-state index contributed by atoms with van der Waals surface area (Å²) in [4.78, 5) is 8.66. The summed E-state index contributed by atoms with van der Waals surface area (Å²) >= 11 is 6.21. The summed E-state index contributed by atoms with van der Waals surface area (Å²) in [6.07, 6.45) is 3.49. The molecule has 0 atom stereocenters. The molecule has 7 heteroatoms. The first-order valence-corrected chi connectivity index (χ1v) is 9.62. The van der Waals surface area contributed by atoms with E-state index in [1.807, 2.05) is 25.1 Å². The Kier molecular flexibility index (Phi) is 5.23. The van der Waals surface area contributed by atoms with Gasteiger partial charge in [0.2, 0.25) is 0 Å². The Hall–Kier alpha value is -2.05. The van der Waals surface area contributed by atoms with Crippen molar-refractivity contribution in [3.8, 4) is 0 Å². The van der Waals surface area contributed by atoms with Crippen molar-refractivity contribution in [1.29, 1.82) is 0 Å². The number of nitrogens with one attached hydrogen (secondary N) is 3. The molecule has 0 radical (unpaired) electrons. The molecule has 1 aromatic heterocycles. The van der Waals surface area contributed by atoms with Crippen molar-refractivity contribution in [2.45, 2.75) is 64.6 Å². The molecule has 6 nitrogen and oxygen atoms in total. The number of hydrogen-bond acceptors (Lipinski definition) is 6. The summed E-state index contributed by atoms with van der Waals surface area (Å²) in [5.41, 5.74) is 8.80. The highest BCUT2D eigenvalue weighted by molar-refractivity contribution is 6.31. The smallest absolute Gasteiger partial charge is 0.159 e. The molecule has 1 aliphatic rings. The highest BCUT2D eigenvalue weighted by Gasteiger charge is 2.37. The predicted molar refractivity (Wildman–Crippen MR) is 114 cm³/mol. The van der Waals surface area contributed by atoms with Crippen LogP contribution in [0.1, 0.15) is 46.1 Å². The van der Waals surface area contributed by atoms with Gasteiger partial charge in [-0.3, -0.25) is 0 Å². The maximum Gasteiger partial charge on any atom is 0.159 e. The molecule has 3 rings (SSSR count). The van der Waals surface area contributed by atoms with Crippen LogP contribution >= 0.6 is 11.6 Å². The van der Waals surface area contributed by atoms with Crippen LogP contribution in [0.4, 0.5) is 23.0 Å². The third kappa shape index (κ3) is 4.82. The highest BCUT2D eigenvalue weighted by Crippen LogP contribution is 2.33. The van der Waals surface area contributed by atoms with Gasteiger partial charge in [0.15, 0.2) is 11.6 Å². The molecule has 0 aliphatic carbocycles. The van der Waals surface area contributed by atoms with E-state index in [0.717, 1.165) is 24.1 Å². The van der Waals surface area contributed by atoms with E-state index in [2.05, 4.69) is 53.6 Å². The molecule has 1 aromatic carbocycles. The molecule has 146 valence electrons. The monoisotopic (exact) mass is 388 g/mol. The molecule has 0 bridgehead atoms. The second-order valence-corrected chi connectivity index (χ2v) is 9.12. The fourth-order valence-electron chi connectivity index (χ4n) is 4.04.